The number of carbonyl (C=O) groups is 1. The summed E-state index contributed by atoms with van der Waals surface area (Å²) in [6, 6.07) is 4.95. The van der Waals surface area contributed by atoms with Crippen LogP contribution in [-0.2, 0) is 0 Å². The average Bonchev–Trinajstić information content (AvgIpc) is 2.43. The number of nitrogens with one attached hydrogen (secondary N) is 1. The van der Waals surface area contributed by atoms with E-state index in [1.54, 1.807) is 18.5 Å². The molecule has 0 saturated heterocycles. The van der Waals surface area contributed by atoms with Crippen LogP contribution in [0.15, 0.2) is 36.8 Å². The van der Waals surface area contributed by atoms with Crippen LogP contribution in [0.1, 0.15) is 29.8 Å². The van der Waals surface area contributed by atoms with Crippen molar-refractivity contribution in [1.82, 2.24) is 9.97 Å². The van der Waals surface area contributed by atoms with E-state index in [1.807, 2.05) is 26.8 Å². The zero-order valence-electron chi connectivity index (χ0n) is 11.1. The van der Waals surface area contributed by atoms with Crippen LogP contribution in [0.2, 0.25) is 5.15 Å². The molecule has 1 N–H and O–H groups in total. The van der Waals surface area contributed by atoms with E-state index in [0.717, 1.165) is 5.56 Å². The molecule has 0 spiro atoms. The highest BCUT2D eigenvalue weighted by molar-refractivity contribution is 6.29. The van der Waals surface area contributed by atoms with Gasteiger partial charge in [-0.2, -0.15) is 0 Å². The number of pyridine rings is 2. The molecule has 0 atom stereocenters. The standard InChI is InChI=1S/C12H10ClN3O.C2H6/c1-8-2-4-14-7-10(8)16-12(17)9-3-5-15-11(13)6-9;1-2/h2-7H,1H3,(H,16,17);1-2H3. The first kappa shape index (κ1) is 15.1. The Morgan fingerprint density at radius 1 is 1.26 bits per heavy atom. The fourth-order valence-electron chi connectivity index (χ4n) is 1.33. The van der Waals surface area contributed by atoms with Crippen molar-refractivity contribution in [2.24, 2.45) is 0 Å². The third-order valence-corrected chi connectivity index (χ3v) is 2.48. The van der Waals surface area contributed by atoms with Gasteiger partial charge in [0.05, 0.1) is 11.9 Å². The Morgan fingerprint density at radius 2 is 2.00 bits per heavy atom. The number of amides is 1. The van der Waals surface area contributed by atoms with Gasteiger partial charge in [0.15, 0.2) is 0 Å². The van der Waals surface area contributed by atoms with Gasteiger partial charge in [-0.3, -0.25) is 9.78 Å². The second-order valence-electron chi connectivity index (χ2n) is 3.51. The minimum absolute atomic E-state index is 0.231. The molecule has 0 fully saturated rings. The Labute approximate surface area is 117 Å². The van der Waals surface area contributed by atoms with E-state index in [4.69, 9.17) is 11.6 Å². The van der Waals surface area contributed by atoms with Crippen molar-refractivity contribution in [2.45, 2.75) is 20.8 Å². The Hall–Kier alpha value is -1.94. The van der Waals surface area contributed by atoms with Crippen LogP contribution in [0.4, 0.5) is 5.69 Å². The SMILES string of the molecule is CC.Cc1ccncc1NC(=O)c1ccnc(Cl)c1. The second-order valence-corrected chi connectivity index (χ2v) is 3.90. The van der Waals surface area contributed by atoms with Crippen LogP contribution < -0.4 is 5.32 Å². The summed E-state index contributed by atoms with van der Waals surface area (Å²) in [6.45, 7) is 5.90. The Bertz CT molecular complexity index is 558. The van der Waals surface area contributed by atoms with Gasteiger partial charge in [-0.1, -0.05) is 25.4 Å². The van der Waals surface area contributed by atoms with E-state index >= 15 is 0 Å². The number of rotatable bonds is 2. The van der Waals surface area contributed by atoms with Crippen LogP contribution in [0.25, 0.3) is 0 Å². The highest BCUT2D eigenvalue weighted by Crippen LogP contribution is 2.14. The first-order valence-corrected chi connectivity index (χ1v) is 6.38. The van der Waals surface area contributed by atoms with Crippen molar-refractivity contribution >= 4 is 23.2 Å². The molecular weight excluding hydrogens is 262 g/mol. The van der Waals surface area contributed by atoms with Gasteiger partial charge in [-0.15, -0.1) is 0 Å². The molecule has 0 unspecified atom stereocenters. The van der Waals surface area contributed by atoms with E-state index in [0.29, 0.717) is 16.4 Å². The lowest BCUT2D eigenvalue weighted by Crippen LogP contribution is -2.13. The summed E-state index contributed by atoms with van der Waals surface area (Å²) in [7, 11) is 0. The minimum atomic E-state index is -0.231. The Kier molecular flexibility index (Phi) is 5.96. The summed E-state index contributed by atoms with van der Waals surface area (Å²) in [5.74, 6) is -0.231. The molecule has 2 aromatic rings. The van der Waals surface area contributed by atoms with Crippen LogP contribution in [0.3, 0.4) is 0 Å². The van der Waals surface area contributed by atoms with Gasteiger partial charge >= 0.3 is 0 Å². The molecule has 0 aliphatic heterocycles. The number of nitrogens with zero attached hydrogens (tertiary/aromatic N) is 2. The maximum Gasteiger partial charge on any atom is 0.255 e. The van der Waals surface area contributed by atoms with Crippen molar-refractivity contribution in [3.63, 3.8) is 0 Å². The summed E-state index contributed by atoms with van der Waals surface area (Å²) >= 11 is 5.72. The normalized spacial score (nSPS) is 9.26. The van der Waals surface area contributed by atoms with E-state index in [1.165, 1.54) is 12.3 Å². The molecule has 1 amide bonds. The summed E-state index contributed by atoms with van der Waals surface area (Å²) in [5.41, 5.74) is 2.10. The van der Waals surface area contributed by atoms with Gasteiger partial charge < -0.3 is 5.32 Å². The number of aryl methyl sites for hydroxylation is 1. The molecule has 0 bridgehead atoms. The monoisotopic (exact) mass is 277 g/mol. The third-order valence-electron chi connectivity index (χ3n) is 2.28. The van der Waals surface area contributed by atoms with Gasteiger partial charge in [0, 0.05) is 18.0 Å². The fourth-order valence-corrected chi connectivity index (χ4v) is 1.51. The zero-order valence-corrected chi connectivity index (χ0v) is 11.9. The highest BCUT2D eigenvalue weighted by atomic mass is 35.5. The molecule has 100 valence electrons. The Balaban J connectivity index is 0.000000861. The number of anilines is 1. The fraction of sp³-hybridized carbons (Fsp3) is 0.214. The predicted molar refractivity (Wildman–Crippen MR) is 77.5 cm³/mol. The number of aromatic nitrogens is 2. The van der Waals surface area contributed by atoms with E-state index in [9.17, 15) is 4.79 Å². The molecule has 0 aromatic carbocycles. The van der Waals surface area contributed by atoms with Gasteiger partial charge in [-0.05, 0) is 30.7 Å². The summed E-state index contributed by atoms with van der Waals surface area (Å²) < 4.78 is 0. The van der Waals surface area contributed by atoms with Crippen LogP contribution in [-0.4, -0.2) is 15.9 Å². The number of halogens is 1. The number of hydrogen-bond donors (Lipinski definition) is 1. The van der Waals surface area contributed by atoms with Crippen molar-refractivity contribution < 1.29 is 4.79 Å². The van der Waals surface area contributed by atoms with Gasteiger partial charge in [0.25, 0.3) is 5.91 Å². The van der Waals surface area contributed by atoms with Crippen LogP contribution in [0.5, 0.6) is 0 Å². The molecule has 0 aliphatic carbocycles. The molecule has 5 heteroatoms. The Morgan fingerprint density at radius 3 is 2.63 bits per heavy atom. The lowest BCUT2D eigenvalue weighted by Gasteiger charge is -2.07. The van der Waals surface area contributed by atoms with Gasteiger partial charge in [0.1, 0.15) is 5.15 Å². The quantitative estimate of drug-likeness (QED) is 0.851. The molecule has 0 saturated carbocycles. The smallest absolute Gasteiger partial charge is 0.255 e. The third kappa shape index (κ3) is 4.34. The summed E-state index contributed by atoms with van der Waals surface area (Å²) in [4.78, 5) is 19.7. The van der Waals surface area contributed by atoms with Crippen LogP contribution >= 0.6 is 11.6 Å². The maximum absolute atomic E-state index is 11.9. The van der Waals surface area contributed by atoms with Crippen molar-refractivity contribution in [2.75, 3.05) is 5.32 Å². The summed E-state index contributed by atoms with van der Waals surface area (Å²) in [5, 5.41) is 3.06. The molecule has 0 radical (unpaired) electrons. The number of carbonyl (C=O) groups excluding carboxylic acids is 1. The lowest BCUT2D eigenvalue weighted by molar-refractivity contribution is 0.102. The molecule has 4 nitrogen and oxygen atoms in total. The van der Waals surface area contributed by atoms with E-state index < -0.39 is 0 Å². The zero-order chi connectivity index (χ0) is 14.3. The average molecular weight is 278 g/mol. The first-order chi connectivity index (χ1) is 9.16. The van der Waals surface area contributed by atoms with Gasteiger partial charge in [0.2, 0.25) is 0 Å². The topological polar surface area (TPSA) is 54.9 Å². The number of hydrogen-bond acceptors (Lipinski definition) is 3. The first-order valence-electron chi connectivity index (χ1n) is 6.00. The maximum atomic E-state index is 11.9. The molecule has 2 aromatic heterocycles. The predicted octanol–water partition coefficient (Wildman–Crippen LogP) is 3.72. The molecule has 19 heavy (non-hydrogen) atoms. The van der Waals surface area contributed by atoms with Crippen molar-refractivity contribution in [3.8, 4) is 0 Å². The minimum Gasteiger partial charge on any atom is -0.320 e. The molecule has 2 rings (SSSR count). The molecular formula is C14H16ClN3O. The van der Waals surface area contributed by atoms with Crippen LogP contribution in [0, 0.1) is 6.92 Å². The van der Waals surface area contributed by atoms with E-state index in [2.05, 4.69) is 15.3 Å². The summed E-state index contributed by atoms with van der Waals surface area (Å²) in [6.07, 6.45) is 4.78. The lowest BCUT2D eigenvalue weighted by atomic mass is 10.2. The second kappa shape index (κ2) is 7.48. The largest absolute Gasteiger partial charge is 0.320 e. The molecule has 0 aliphatic rings. The van der Waals surface area contributed by atoms with Crippen molar-refractivity contribution in [3.05, 3.63) is 53.1 Å². The van der Waals surface area contributed by atoms with E-state index in [-0.39, 0.29) is 5.91 Å². The molecule has 2 heterocycles. The highest BCUT2D eigenvalue weighted by Gasteiger charge is 2.08. The van der Waals surface area contributed by atoms with Crippen molar-refractivity contribution in [1.29, 1.82) is 0 Å². The van der Waals surface area contributed by atoms with Gasteiger partial charge in [-0.25, -0.2) is 4.98 Å².